The van der Waals surface area contributed by atoms with Crippen LogP contribution in [0.25, 0.3) is 0 Å². The molecule has 0 rings (SSSR count). The smallest absolute Gasteiger partial charge is 0.335 e. The predicted octanol–water partition coefficient (Wildman–Crippen LogP) is 1.14. The van der Waals surface area contributed by atoms with E-state index in [4.69, 9.17) is 18.0 Å². The Morgan fingerprint density at radius 1 is 1.62 bits per heavy atom. The third kappa shape index (κ3) is 2.74. The summed E-state index contributed by atoms with van der Waals surface area (Å²) >= 11 is 5.74. The predicted molar refractivity (Wildman–Crippen MR) is 49.3 cm³/mol. The summed E-state index contributed by atoms with van der Waals surface area (Å²) in [7, 11) is 0. The van der Waals surface area contributed by atoms with Gasteiger partial charge < -0.3 is 4.74 Å². The van der Waals surface area contributed by atoms with Crippen molar-refractivity contribution in [1.29, 1.82) is 0 Å². The molecule has 1 atom stereocenters. The number of ketones is 1. The van der Waals surface area contributed by atoms with E-state index in [9.17, 15) is 9.59 Å². The number of hydrogen-bond donors (Lipinski definition) is 0. The Hall–Kier alpha value is -1.01. The summed E-state index contributed by atoms with van der Waals surface area (Å²) in [5.41, 5.74) is 0. The third-order valence-corrected chi connectivity index (χ3v) is 2.06. The normalized spacial score (nSPS) is 14.0. The molecule has 0 bridgehead atoms. The number of ether oxygens (including phenoxy) is 1. The summed E-state index contributed by atoms with van der Waals surface area (Å²) < 4.78 is 4.63. The number of halogens is 1. The summed E-state index contributed by atoms with van der Waals surface area (Å²) in [5.74, 6) is 0.905. The fourth-order valence-electron chi connectivity index (χ4n) is 0.726. The molecule has 0 radical (unpaired) electrons. The zero-order chi connectivity index (χ0) is 10.5. The molecular formula is C9H11ClO3. The second kappa shape index (κ2) is 4.88. The molecular weight excluding hydrogens is 192 g/mol. The van der Waals surface area contributed by atoms with E-state index < -0.39 is 16.6 Å². The van der Waals surface area contributed by atoms with Gasteiger partial charge in [0.15, 0.2) is 5.78 Å². The van der Waals surface area contributed by atoms with E-state index in [2.05, 4.69) is 10.7 Å². The van der Waals surface area contributed by atoms with E-state index in [1.807, 2.05) is 0 Å². The Labute approximate surface area is 82.4 Å². The minimum Gasteiger partial charge on any atom is -0.464 e. The highest BCUT2D eigenvalue weighted by molar-refractivity contribution is 6.45. The van der Waals surface area contributed by atoms with Gasteiger partial charge >= 0.3 is 5.97 Å². The molecule has 0 saturated heterocycles. The topological polar surface area (TPSA) is 43.4 Å². The molecule has 0 aliphatic heterocycles. The zero-order valence-corrected chi connectivity index (χ0v) is 8.35. The highest BCUT2D eigenvalue weighted by atomic mass is 35.5. The number of alkyl halides is 1. The van der Waals surface area contributed by atoms with Crippen molar-refractivity contribution < 1.29 is 14.3 Å². The SMILES string of the molecule is C#CCC(Cl)(C(C)=O)C(=O)OCC. The van der Waals surface area contributed by atoms with Crippen molar-refractivity contribution >= 4 is 23.4 Å². The average molecular weight is 203 g/mol. The van der Waals surface area contributed by atoms with Crippen molar-refractivity contribution in [2.75, 3.05) is 6.61 Å². The number of terminal acetylenes is 1. The minimum atomic E-state index is -1.70. The highest BCUT2D eigenvalue weighted by Crippen LogP contribution is 2.22. The van der Waals surface area contributed by atoms with Crippen LogP contribution >= 0.6 is 11.6 Å². The number of carbonyl (C=O) groups is 2. The van der Waals surface area contributed by atoms with Crippen LogP contribution < -0.4 is 0 Å². The van der Waals surface area contributed by atoms with Crippen LogP contribution in [0.1, 0.15) is 20.3 Å². The van der Waals surface area contributed by atoms with Gasteiger partial charge in [0.2, 0.25) is 4.87 Å². The first-order valence-corrected chi connectivity index (χ1v) is 4.17. The second-order valence-corrected chi connectivity index (χ2v) is 3.10. The lowest BCUT2D eigenvalue weighted by Crippen LogP contribution is -2.40. The number of rotatable bonds is 4. The highest BCUT2D eigenvalue weighted by Gasteiger charge is 2.42. The third-order valence-electron chi connectivity index (χ3n) is 1.50. The van der Waals surface area contributed by atoms with Crippen LogP contribution in [0.3, 0.4) is 0 Å². The van der Waals surface area contributed by atoms with Crippen LogP contribution in [0, 0.1) is 12.3 Å². The number of carbonyl (C=O) groups excluding carboxylic acids is 2. The summed E-state index contributed by atoms with van der Waals surface area (Å²) in [4.78, 5) is 20.6. The summed E-state index contributed by atoms with van der Waals surface area (Å²) in [6.45, 7) is 3.01. The second-order valence-electron chi connectivity index (χ2n) is 2.46. The van der Waals surface area contributed by atoms with E-state index in [0.29, 0.717) is 0 Å². The molecule has 13 heavy (non-hydrogen) atoms. The van der Waals surface area contributed by atoms with Crippen LogP contribution in [0.5, 0.6) is 0 Å². The molecule has 0 spiro atoms. The largest absolute Gasteiger partial charge is 0.464 e. The molecule has 0 heterocycles. The van der Waals surface area contributed by atoms with Crippen molar-refractivity contribution in [1.82, 2.24) is 0 Å². The van der Waals surface area contributed by atoms with Crippen LogP contribution in [0.4, 0.5) is 0 Å². The molecule has 0 saturated carbocycles. The summed E-state index contributed by atoms with van der Waals surface area (Å²) in [6, 6.07) is 0. The average Bonchev–Trinajstić information content (AvgIpc) is 2.04. The van der Waals surface area contributed by atoms with Gasteiger partial charge in [0.1, 0.15) is 0 Å². The summed E-state index contributed by atoms with van der Waals surface area (Å²) in [6.07, 6.45) is 4.84. The van der Waals surface area contributed by atoms with Crippen molar-refractivity contribution in [3.63, 3.8) is 0 Å². The molecule has 0 aliphatic carbocycles. The molecule has 72 valence electrons. The lowest BCUT2D eigenvalue weighted by molar-refractivity contribution is -0.149. The first-order valence-electron chi connectivity index (χ1n) is 3.79. The minimum absolute atomic E-state index is 0.150. The Morgan fingerprint density at radius 3 is 2.46 bits per heavy atom. The lowest BCUT2D eigenvalue weighted by Gasteiger charge is -2.18. The standard InChI is InChI=1S/C9H11ClO3/c1-4-6-9(10,7(3)11)8(12)13-5-2/h1H,5-6H2,2-3H3. The summed E-state index contributed by atoms with van der Waals surface area (Å²) in [5, 5.41) is 0. The van der Waals surface area contributed by atoms with Crippen LogP contribution in [-0.2, 0) is 14.3 Å². The number of esters is 1. The molecule has 0 aromatic heterocycles. The van der Waals surface area contributed by atoms with E-state index in [0.717, 1.165) is 0 Å². The van der Waals surface area contributed by atoms with Gasteiger partial charge in [-0.2, -0.15) is 0 Å². The maximum absolute atomic E-state index is 11.2. The first kappa shape index (κ1) is 12.0. The van der Waals surface area contributed by atoms with Gasteiger partial charge in [-0.3, -0.25) is 4.79 Å². The molecule has 0 aromatic carbocycles. The molecule has 0 aliphatic rings. The molecule has 0 amide bonds. The van der Waals surface area contributed by atoms with Gasteiger partial charge in [0.25, 0.3) is 0 Å². The van der Waals surface area contributed by atoms with E-state index >= 15 is 0 Å². The Morgan fingerprint density at radius 2 is 2.15 bits per heavy atom. The first-order chi connectivity index (χ1) is 5.99. The number of Topliss-reactive ketones (excluding diaryl/α,β-unsaturated/α-hetero) is 1. The molecule has 0 N–H and O–H groups in total. The lowest BCUT2D eigenvalue weighted by atomic mass is 10.0. The monoisotopic (exact) mass is 202 g/mol. The molecule has 1 unspecified atom stereocenters. The van der Waals surface area contributed by atoms with Crippen LogP contribution in [0.15, 0.2) is 0 Å². The van der Waals surface area contributed by atoms with Gasteiger partial charge in [-0.25, -0.2) is 4.79 Å². The Kier molecular flexibility index (Phi) is 4.50. The number of hydrogen-bond acceptors (Lipinski definition) is 3. The molecule has 4 heteroatoms. The van der Waals surface area contributed by atoms with E-state index in [1.165, 1.54) is 6.92 Å². The van der Waals surface area contributed by atoms with Gasteiger partial charge in [0.05, 0.1) is 6.61 Å². The zero-order valence-electron chi connectivity index (χ0n) is 7.59. The van der Waals surface area contributed by atoms with Crippen molar-refractivity contribution in [2.45, 2.75) is 25.1 Å². The van der Waals surface area contributed by atoms with E-state index in [-0.39, 0.29) is 13.0 Å². The molecule has 3 nitrogen and oxygen atoms in total. The quantitative estimate of drug-likeness (QED) is 0.297. The van der Waals surface area contributed by atoms with Crippen molar-refractivity contribution in [2.24, 2.45) is 0 Å². The van der Waals surface area contributed by atoms with Gasteiger partial charge in [0, 0.05) is 6.42 Å². The fourth-order valence-corrected chi connectivity index (χ4v) is 0.858. The maximum atomic E-state index is 11.2. The van der Waals surface area contributed by atoms with Gasteiger partial charge in [-0.1, -0.05) is 11.6 Å². The van der Waals surface area contributed by atoms with E-state index in [1.54, 1.807) is 6.92 Å². The maximum Gasteiger partial charge on any atom is 0.335 e. The molecule has 0 aromatic rings. The fraction of sp³-hybridized carbons (Fsp3) is 0.556. The molecule has 0 fully saturated rings. The van der Waals surface area contributed by atoms with Gasteiger partial charge in [-0.15, -0.1) is 12.3 Å². The van der Waals surface area contributed by atoms with Crippen molar-refractivity contribution in [3.8, 4) is 12.3 Å². The van der Waals surface area contributed by atoms with Crippen molar-refractivity contribution in [3.05, 3.63) is 0 Å². The van der Waals surface area contributed by atoms with Gasteiger partial charge in [-0.05, 0) is 13.8 Å². The Balaban J connectivity index is 4.70. The van der Waals surface area contributed by atoms with Crippen LogP contribution in [0.2, 0.25) is 0 Å². The Bertz CT molecular complexity index is 254. The van der Waals surface area contributed by atoms with Crippen LogP contribution in [-0.4, -0.2) is 23.2 Å².